The quantitative estimate of drug-likeness (QED) is 0.735. The molecule has 1 aliphatic heterocycles. The monoisotopic (exact) mass is 225 g/mol. The van der Waals surface area contributed by atoms with Crippen molar-refractivity contribution < 1.29 is 13.2 Å². The van der Waals surface area contributed by atoms with Crippen molar-refractivity contribution in [3.63, 3.8) is 0 Å². The van der Waals surface area contributed by atoms with Crippen LogP contribution in [0, 0.1) is 0 Å². The number of thioether (sulfide) groups is 1. The highest BCUT2D eigenvalue weighted by Gasteiger charge is 2.34. The van der Waals surface area contributed by atoms with Crippen molar-refractivity contribution in [2.75, 3.05) is 31.4 Å². The number of sulfonamides is 1. The van der Waals surface area contributed by atoms with Gasteiger partial charge in [-0.25, -0.2) is 13.1 Å². The van der Waals surface area contributed by atoms with E-state index in [-0.39, 0.29) is 5.60 Å². The maximum Gasteiger partial charge on any atom is 0.208 e. The molecule has 0 amide bonds. The Balaban J connectivity index is 2.50. The molecule has 0 spiro atoms. The number of nitrogens with one attached hydrogen (secondary N) is 1. The summed E-state index contributed by atoms with van der Waals surface area (Å²) in [6.07, 6.45) is 2.08. The molecule has 0 saturated carbocycles. The van der Waals surface area contributed by atoms with Crippen molar-refractivity contribution in [3.8, 4) is 0 Å². The Hall–Kier alpha value is 0.220. The second-order valence-electron chi connectivity index (χ2n) is 3.28. The third-order valence-corrected chi connectivity index (χ3v) is 4.05. The van der Waals surface area contributed by atoms with Crippen molar-refractivity contribution in [3.05, 3.63) is 0 Å². The van der Waals surface area contributed by atoms with Crippen LogP contribution in [0.2, 0.25) is 0 Å². The molecule has 78 valence electrons. The van der Waals surface area contributed by atoms with Crippen LogP contribution in [0.25, 0.3) is 0 Å². The molecule has 1 aliphatic rings. The molecule has 6 heteroatoms. The molecular weight excluding hydrogens is 210 g/mol. The highest BCUT2D eigenvalue weighted by atomic mass is 32.2. The van der Waals surface area contributed by atoms with Gasteiger partial charge in [-0.1, -0.05) is 0 Å². The lowest BCUT2D eigenvalue weighted by atomic mass is 10.0. The lowest BCUT2D eigenvalue weighted by Crippen LogP contribution is -2.44. The van der Waals surface area contributed by atoms with E-state index in [1.165, 1.54) is 6.26 Å². The number of methoxy groups -OCH3 is 1. The van der Waals surface area contributed by atoms with E-state index in [9.17, 15) is 8.42 Å². The Kier molecular flexibility index (Phi) is 3.62. The fraction of sp³-hybridized carbons (Fsp3) is 1.00. The summed E-state index contributed by atoms with van der Waals surface area (Å²) in [7, 11) is -1.46. The predicted octanol–water partition coefficient (Wildman–Crippen LogP) is 0.0577. The normalized spacial score (nSPS) is 29.4. The van der Waals surface area contributed by atoms with Crippen LogP contribution < -0.4 is 4.72 Å². The largest absolute Gasteiger partial charge is 0.376 e. The Bertz CT molecular complexity index is 257. The van der Waals surface area contributed by atoms with Gasteiger partial charge >= 0.3 is 0 Å². The first-order valence-corrected chi connectivity index (χ1v) is 7.10. The topological polar surface area (TPSA) is 55.4 Å². The first-order chi connectivity index (χ1) is 5.97. The van der Waals surface area contributed by atoms with E-state index >= 15 is 0 Å². The van der Waals surface area contributed by atoms with Crippen molar-refractivity contribution >= 4 is 21.8 Å². The summed E-state index contributed by atoms with van der Waals surface area (Å²) in [5, 5.41) is 0. The summed E-state index contributed by atoms with van der Waals surface area (Å²) in [5.41, 5.74) is -0.284. The number of hydrogen-bond donors (Lipinski definition) is 1. The van der Waals surface area contributed by atoms with E-state index in [0.717, 1.165) is 17.9 Å². The minimum absolute atomic E-state index is 0.284. The molecule has 1 heterocycles. The van der Waals surface area contributed by atoms with Crippen LogP contribution in [0.5, 0.6) is 0 Å². The fourth-order valence-corrected chi connectivity index (χ4v) is 3.15. The molecule has 1 rings (SSSR count). The summed E-state index contributed by atoms with van der Waals surface area (Å²) in [5.74, 6) is 1.91. The van der Waals surface area contributed by atoms with Gasteiger partial charge in [0.25, 0.3) is 0 Å². The SMILES string of the molecule is COC1(CNS(C)(=O)=O)CCSC1. The van der Waals surface area contributed by atoms with Crippen LogP contribution in [0.1, 0.15) is 6.42 Å². The van der Waals surface area contributed by atoms with Crippen LogP contribution in [0.15, 0.2) is 0 Å². The van der Waals surface area contributed by atoms with Gasteiger partial charge in [-0.2, -0.15) is 11.8 Å². The molecule has 0 aliphatic carbocycles. The minimum Gasteiger partial charge on any atom is -0.376 e. The van der Waals surface area contributed by atoms with E-state index in [0.29, 0.717) is 6.54 Å². The second kappa shape index (κ2) is 4.16. The van der Waals surface area contributed by atoms with Gasteiger partial charge in [0.05, 0.1) is 11.9 Å². The zero-order valence-electron chi connectivity index (χ0n) is 7.87. The average molecular weight is 225 g/mol. The summed E-state index contributed by atoms with van der Waals surface area (Å²) in [6, 6.07) is 0. The first-order valence-electron chi connectivity index (χ1n) is 4.05. The molecule has 1 saturated heterocycles. The Morgan fingerprint density at radius 3 is 2.69 bits per heavy atom. The number of rotatable bonds is 4. The molecule has 1 atom stereocenters. The summed E-state index contributed by atoms with van der Waals surface area (Å²) < 4.78 is 29.6. The Morgan fingerprint density at radius 2 is 2.31 bits per heavy atom. The predicted molar refractivity (Wildman–Crippen MR) is 54.5 cm³/mol. The third-order valence-electron chi connectivity index (χ3n) is 2.16. The number of ether oxygens (including phenoxy) is 1. The van der Waals surface area contributed by atoms with Gasteiger partial charge in [0, 0.05) is 19.4 Å². The fourth-order valence-electron chi connectivity index (χ4n) is 1.22. The molecule has 1 fully saturated rings. The van der Waals surface area contributed by atoms with Gasteiger partial charge in [0.1, 0.15) is 0 Å². The molecule has 4 nitrogen and oxygen atoms in total. The van der Waals surface area contributed by atoms with Crippen LogP contribution in [-0.4, -0.2) is 45.4 Å². The molecule has 13 heavy (non-hydrogen) atoms. The first kappa shape index (κ1) is 11.3. The third kappa shape index (κ3) is 3.46. The summed E-state index contributed by atoms with van der Waals surface area (Å²) in [6.45, 7) is 0.384. The molecule has 0 radical (unpaired) electrons. The molecular formula is C7H15NO3S2. The van der Waals surface area contributed by atoms with Gasteiger partial charge < -0.3 is 4.74 Å². The number of hydrogen-bond acceptors (Lipinski definition) is 4. The zero-order valence-corrected chi connectivity index (χ0v) is 9.50. The van der Waals surface area contributed by atoms with Gasteiger partial charge in [-0.05, 0) is 12.2 Å². The standard InChI is InChI=1S/C7H15NO3S2/c1-11-7(3-4-12-6-7)5-8-13(2,9)10/h8H,3-6H2,1-2H3. The van der Waals surface area contributed by atoms with Crippen LogP contribution in [0.4, 0.5) is 0 Å². The molecule has 0 aromatic rings. The van der Waals surface area contributed by atoms with E-state index in [2.05, 4.69) is 4.72 Å². The zero-order chi connectivity index (χ0) is 9.95. The Morgan fingerprint density at radius 1 is 1.62 bits per heavy atom. The van der Waals surface area contributed by atoms with E-state index < -0.39 is 10.0 Å². The highest BCUT2D eigenvalue weighted by molar-refractivity contribution is 7.99. The van der Waals surface area contributed by atoms with E-state index in [4.69, 9.17) is 4.74 Å². The van der Waals surface area contributed by atoms with Gasteiger partial charge in [0.15, 0.2) is 0 Å². The van der Waals surface area contributed by atoms with Crippen molar-refractivity contribution in [1.82, 2.24) is 4.72 Å². The van der Waals surface area contributed by atoms with Gasteiger partial charge in [-0.15, -0.1) is 0 Å². The second-order valence-corrected chi connectivity index (χ2v) is 6.22. The van der Waals surface area contributed by atoms with Crippen molar-refractivity contribution in [2.24, 2.45) is 0 Å². The van der Waals surface area contributed by atoms with Crippen LogP contribution in [0.3, 0.4) is 0 Å². The highest BCUT2D eigenvalue weighted by Crippen LogP contribution is 2.30. The maximum atomic E-state index is 10.9. The Labute approximate surface area is 83.5 Å². The van der Waals surface area contributed by atoms with E-state index in [1.54, 1.807) is 18.9 Å². The molecule has 1 N–H and O–H groups in total. The molecule has 0 aromatic carbocycles. The lowest BCUT2D eigenvalue weighted by Gasteiger charge is -2.26. The van der Waals surface area contributed by atoms with E-state index in [1.807, 2.05) is 0 Å². The lowest BCUT2D eigenvalue weighted by molar-refractivity contribution is 0.0179. The van der Waals surface area contributed by atoms with Crippen molar-refractivity contribution in [2.45, 2.75) is 12.0 Å². The maximum absolute atomic E-state index is 10.9. The summed E-state index contributed by atoms with van der Waals surface area (Å²) in [4.78, 5) is 0. The van der Waals surface area contributed by atoms with Crippen LogP contribution >= 0.6 is 11.8 Å². The summed E-state index contributed by atoms with van der Waals surface area (Å²) >= 11 is 1.80. The molecule has 0 aromatic heterocycles. The van der Waals surface area contributed by atoms with Crippen molar-refractivity contribution in [1.29, 1.82) is 0 Å². The minimum atomic E-state index is -3.10. The van der Waals surface area contributed by atoms with Gasteiger partial charge in [0.2, 0.25) is 10.0 Å². The average Bonchev–Trinajstić information content (AvgIpc) is 2.49. The van der Waals surface area contributed by atoms with Gasteiger partial charge in [-0.3, -0.25) is 0 Å². The molecule has 0 bridgehead atoms. The van der Waals surface area contributed by atoms with Crippen LogP contribution in [-0.2, 0) is 14.8 Å². The molecule has 1 unspecified atom stereocenters. The smallest absolute Gasteiger partial charge is 0.208 e.